The van der Waals surface area contributed by atoms with Gasteiger partial charge in [0.1, 0.15) is 0 Å². The first-order valence-corrected chi connectivity index (χ1v) is 8.93. The Bertz CT molecular complexity index is 524. The van der Waals surface area contributed by atoms with Crippen LogP contribution in [0.4, 0.5) is 4.79 Å². The molecule has 0 saturated heterocycles. The average Bonchev–Trinajstić information content (AvgIpc) is 2.68. The van der Waals surface area contributed by atoms with Crippen molar-refractivity contribution in [2.75, 3.05) is 13.7 Å². The Morgan fingerprint density at radius 3 is 2.08 bits per heavy atom. The Morgan fingerprint density at radius 2 is 1.65 bits per heavy atom. The van der Waals surface area contributed by atoms with Gasteiger partial charge in [-0.3, -0.25) is 0 Å². The number of amides is 1. The van der Waals surface area contributed by atoms with Gasteiger partial charge in [0, 0.05) is 18.7 Å². The quantitative estimate of drug-likeness (QED) is 0.395. The minimum Gasteiger partial charge on any atom is -0.451 e. The predicted molar refractivity (Wildman–Crippen MR) is 117 cm³/mol. The molecule has 0 aliphatic carbocycles. The average molecular weight is 361 g/mol. The molecular formula is C22H36N2O2. The molecule has 4 nitrogen and oxygen atoms in total. The van der Waals surface area contributed by atoms with Gasteiger partial charge in [-0.05, 0) is 24.6 Å². The third-order valence-electron chi connectivity index (χ3n) is 2.59. The number of allylic oxidation sites excluding steroid dienone is 8. The zero-order valence-electron chi connectivity index (χ0n) is 17.3. The van der Waals surface area contributed by atoms with E-state index in [1.165, 1.54) is 7.11 Å². The van der Waals surface area contributed by atoms with Gasteiger partial charge >= 0.3 is 6.09 Å². The van der Waals surface area contributed by atoms with Gasteiger partial charge in [-0.25, -0.2) is 4.79 Å². The molecule has 0 aromatic heterocycles. The van der Waals surface area contributed by atoms with E-state index < -0.39 is 6.09 Å². The molecule has 0 aliphatic rings. The first-order chi connectivity index (χ1) is 12.6. The highest BCUT2D eigenvalue weighted by atomic mass is 16.5. The fourth-order valence-electron chi connectivity index (χ4n) is 1.63. The summed E-state index contributed by atoms with van der Waals surface area (Å²) in [5, 5.41) is 3.25. The van der Waals surface area contributed by atoms with Crippen molar-refractivity contribution in [2.45, 2.75) is 41.0 Å². The fraction of sp³-hybridized carbons (Fsp3) is 0.364. The lowest BCUT2D eigenvalue weighted by molar-refractivity contribution is 0.182. The Morgan fingerprint density at radius 1 is 1.08 bits per heavy atom. The van der Waals surface area contributed by atoms with Crippen LogP contribution < -0.4 is 5.32 Å². The largest absolute Gasteiger partial charge is 0.451 e. The predicted octanol–water partition coefficient (Wildman–Crippen LogP) is 6.17. The summed E-state index contributed by atoms with van der Waals surface area (Å²) >= 11 is 0. The van der Waals surface area contributed by atoms with E-state index in [4.69, 9.17) is 0 Å². The van der Waals surface area contributed by atoms with Crippen LogP contribution in [-0.4, -0.2) is 25.5 Å². The van der Waals surface area contributed by atoms with Crippen LogP contribution in [0.15, 0.2) is 78.5 Å². The zero-order chi connectivity index (χ0) is 20.8. The Hall–Kier alpha value is -2.62. The number of carbonyl (C=O) groups is 1. The molecule has 4 heteroatoms. The molecule has 0 atom stereocenters. The topological polar surface area (TPSA) is 50.7 Å². The van der Waals surface area contributed by atoms with Crippen LogP contribution in [0.5, 0.6) is 0 Å². The molecule has 26 heavy (non-hydrogen) atoms. The molecule has 0 spiro atoms. The van der Waals surface area contributed by atoms with Crippen LogP contribution >= 0.6 is 0 Å². The monoisotopic (exact) mass is 360 g/mol. The van der Waals surface area contributed by atoms with Crippen molar-refractivity contribution < 1.29 is 9.53 Å². The number of hydrogen-bond acceptors (Lipinski definition) is 3. The SMILES string of the molecule is C=C/C=C(\C=C/C)NCCC(=N\C(=O)OC)/C(C=C)=C/C=C.CC.CC. The van der Waals surface area contributed by atoms with Crippen LogP contribution in [-0.2, 0) is 4.74 Å². The highest BCUT2D eigenvalue weighted by molar-refractivity contribution is 6.07. The molecule has 0 fully saturated rings. The minimum absolute atomic E-state index is 0.535. The Balaban J connectivity index is -0.00000123. The van der Waals surface area contributed by atoms with Gasteiger partial charge in [-0.15, -0.1) is 0 Å². The van der Waals surface area contributed by atoms with Crippen molar-refractivity contribution in [2.24, 2.45) is 4.99 Å². The number of ether oxygens (including phenoxy) is 1. The van der Waals surface area contributed by atoms with Crippen molar-refractivity contribution in [1.82, 2.24) is 5.32 Å². The van der Waals surface area contributed by atoms with Gasteiger partial charge in [0.15, 0.2) is 0 Å². The van der Waals surface area contributed by atoms with Gasteiger partial charge in [0.25, 0.3) is 0 Å². The van der Waals surface area contributed by atoms with Crippen molar-refractivity contribution in [3.8, 4) is 0 Å². The Kier molecular flexibility index (Phi) is 24.3. The molecule has 0 radical (unpaired) electrons. The van der Waals surface area contributed by atoms with Crippen molar-refractivity contribution in [3.05, 3.63) is 73.5 Å². The van der Waals surface area contributed by atoms with Crippen molar-refractivity contribution in [1.29, 1.82) is 0 Å². The van der Waals surface area contributed by atoms with Crippen molar-refractivity contribution >= 4 is 11.8 Å². The summed E-state index contributed by atoms with van der Waals surface area (Å²) in [6.45, 7) is 21.6. The second-order valence-electron chi connectivity index (χ2n) is 4.12. The van der Waals surface area contributed by atoms with Gasteiger partial charge in [0.05, 0.1) is 12.8 Å². The lowest BCUT2D eigenvalue weighted by Crippen LogP contribution is -2.18. The van der Waals surface area contributed by atoms with E-state index in [0.717, 1.165) is 11.3 Å². The third kappa shape index (κ3) is 14.9. The summed E-state index contributed by atoms with van der Waals surface area (Å²) in [7, 11) is 1.30. The lowest BCUT2D eigenvalue weighted by atomic mass is 10.1. The highest BCUT2D eigenvalue weighted by Gasteiger charge is 2.07. The molecule has 0 aliphatic heterocycles. The second-order valence-corrected chi connectivity index (χ2v) is 4.12. The molecule has 0 aromatic carbocycles. The van der Waals surface area contributed by atoms with E-state index >= 15 is 0 Å². The van der Waals surface area contributed by atoms with E-state index in [0.29, 0.717) is 18.7 Å². The van der Waals surface area contributed by atoms with Crippen LogP contribution in [0.2, 0.25) is 0 Å². The van der Waals surface area contributed by atoms with E-state index in [-0.39, 0.29) is 0 Å². The third-order valence-corrected chi connectivity index (χ3v) is 2.59. The number of methoxy groups -OCH3 is 1. The van der Waals surface area contributed by atoms with Crippen molar-refractivity contribution in [3.63, 3.8) is 0 Å². The van der Waals surface area contributed by atoms with E-state index in [2.05, 4.69) is 34.8 Å². The summed E-state index contributed by atoms with van der Waals surface area (Å²) < 4.78 is 4.59. The smallest absolute Gasteiger partial charge is 0.433 e. The van der Waals surface area contributed by atoms with E-state index in [9.17, 15) is 4.79 Å². The number of nitrogens with one attached hydrogen (secondary N) is 1. The number of carbonyl (C=O) groups excluding carboxylic acids is 1. The number of rotatable bonds is 9. The number of aliphatic imine (C=N–C) groups is 1. The van der Waals surface area contributed by atoms with Gasteiger partial charge < -0.3 is 10.1 Å². The van der Waals surface area contributed by atoms with Gasteiger partial charge in [-0.2, -0.15) is 4.99 Å². The molecule has 1 amide bonds. The van der Waals surface area contributed by atoms with E-state index in [1.807, 2.05) is 52.8 Å². The fourth-order valence-corrected chi connectivity index (χ4v) is 1.63. The second kappa shape index (κ2) is 22.4. The van der Waals surface area contributed by atoms with Crippen LogP contribution in [0, 0.1) is 0 Å². The minimum atomic E-state index is -0.637. The molecule has 0 heterocycles. The maximum Gasteiger partial charge on any atom is 0.433 e. The van der Waals surface area contributed by atoms with Crippen LogP contribution in [0.25, 0.3) is 0 Å². The number of nitrogens with zero attached hydrogens (tertiary/aromatic N) is 1. The summed E-state index contributed by atoms with van der Waals surface area (Å²) in [5.41, 5.74) is 2.26. The van der Waals surface area contributed by atoms with Crippen LogP contribution in [0.3, 0.4) is 0 Å². The number of hydrogen-bond donors (Lipinski definition) is 1. The first kappa shape index (κ1) is 28.2. The molecule has 0 aromatic rings. The molecule has 0 rings (SSSR count). The molecule has 1 N–H and O–H groups in total. The molecule has 146 valence electrons. The lowest BCUT2D eigenvalue weighted by Gasteiger charge is -2.10. The maximum absolute atomic E-state index is 11.4. The Labute approximate surface area is 160 Å². The van der Waals surface area contributed by atoms with Crippen LogP contribution in [0.1, 0.15) is 41.0 Å². The summed E-state index contributed by atoms with van der Waals surface area (Å²) in [6.07, 6.45) is 12.3. The molecule has 0 bridgehead atoms. The molecular weight excluding hydrogens is 324 g/mol. The summed E-state index contributed by atoms with van der Waals surface area (Å²) in [4.78, 5) is 15.3. The molecule has 0 saturated carbocycles. The summed E-state index contributed by atoms with van der Waals surface area (Å²) in [5.74, 6) is 0. The summed E-state index contributed by atoms with van der Waals surface area (Å²) in [6, 6.07) is 0. The maximum atomic E-state index is 11.4. The standard InChI is InChI=1S/C18H24N2O2.2C2H6/c1-6-10-15(9-4)17(20-18(21)22-5)13-14-19-16(11-7-2)12-8-3;2*1-2/h6-12,19H,1-2,4,13-14H2,3,5H3;2*1-2H3/b12-8-,15-10+,16-11+,20-17+;;. The highest BCUT2D eigenvalue weighted by Crippen LogP contribution is 2.06. The zero-order valence-corrected chi connectivity index (χ0v) is 17.3. The first-order valence-electron chi connectivity index (χ1n) is 8.93. The van der Waals surface area contributed by atoms with E-state index in [1.54, 1.807) is 24.3 Å². The normalized spacial score (nSPS) is 11.4. The molecule has 0 unspecified atom stereocenters. The van der Waals surface area contributed by atoms with Gasteiger partial charge in [-0.1, -0.05) is 77.8 Å². The van der Waals surface area contributed by atoms with Gasteiger partial charge in [0.2, 0.25) is 0 Å².